The fourth-order valence-corrected chi connectivity index (χ4v) is 4.53. The summed E-state index contributed by atoms with van der Waals surface area (Å²) in [4.78, 5) is 34.9. The van der Waals surface area contributed by atoms with E-state index in [2.05, 4.69) is 9.97 Å². The number of nitrogens with one attached hydrogen (secondary N) is 1. The molecule has 172 valence electrons. The van der Waals surface area contributed by atoms with Crippen LogP contribution in [0.1, 0.15) is 40.5 Å². The van der Waals surface area contributed by atoms with Crippen molar-refractivity contribution < 1.29 is 19.4 Å². The molecule has 2 aromatic heterocycles. The number of aromatic amines is 1. The SMILES string of the molecule is COC(=O)c1sc2nc(CN(CC(O)COCc3ccccc3)C(C)C)[nH]c(=O)c2c1C. The van der Waals surface area contributed by atoms with Crippen LogP contribution in [0, 0.1) is 6.92 Å². The number of fused-ring (bicyclic) bond motifs is 1. The zero-order valence-corrected chi connectivity index (χ0v) is 19.6. The summed E-state index contributed by atoms with van der Waals surface area (Å²) >= 11 is 1.15. The maximum Gasteiger partial charge on any atom is 0.348 e. The molecule has 0 amide bonds. The maximum absolute atomic E-state index is 12.7. The Labute approximate surface area is 190 Å². The first kappa shape index (κ1) is 24.1. The molecule has 0 aliphatic heterocycles. The summed E-state index contributed by atoms with van der Waals surface area (Å²) in [5.74, 6) is 0.000140. The first-order valence-electron chi connectivity index (χ1n) is 10.4. The van der Waals surface area contributed by atoms with Gasteiger partial charge in [-0.25, -0.2) is 9.78 Å². The predicted octanol–water partition coefficient (Wildman–Crippen LogP) is 2.87. The van der Waals surface area contributed by atoms with E-state index in [0.717, 1.165) is 16.9 Å². The third kappa shape index (κ3) is 5.80. The lowest BCUT2D eigenvalue weighted by Crippen LogP contribution is -2.39. The Morgan fingerprint density at radius 3 is 2.66 bits per heavy atom. The van der Waals surface area contributed by atoms with E-state index in [0.29, 0.717) is 46.2 Å². The number of ether oxygens (including phenoxy) is 2. The van der Waals surface area contributed by atoms with Crippen LogP contribution < -0.4 is 5.56 Å². The van der Waals surface area contributed by atoms with Gasteiger partial charge in [0.2, 0.25) is 0 Å². The molecule has 0 aliphatic rings. The lowest BCUT2D eigenvalue weighted by molar-refractivity contribution is 0.00267. The monoisotopic (exact) mass is 459 g/mol. The average molecular weight is 460 g/mol. The average Bonchev–Trinajstić information content (AvgIpc) is 3.10. The van der Waals surface area contributed by atoms with Crippen molar-refractivity contribution >= 4 is 27.5 Å². The van der Waals surface area contributed by atoms with Crippen molar-refractivity contribution in [3.63, 3.8) is 0 Å². The van der Waals surface area contributed by atoms with E-state index in [1.54, 1.807) is 6.92 Å². The highest BCUT2D eigenvalue weighted by molar-refractivity contribution is 7.20. The van der Waals surface area contributed by atoms with Gasteiger partial charge in [-0.2, -0.15) is 0 Å². The Balaban J connectivity index is 1.68. The molecule has 0 saturated heterocycles. The van der Waals surface area contributed by atoms with Gasteiger partial charge in [-0.15, -0.1) is 11.3 Å². The van der Waals surface area contributed by atoms with Crippen LogP contribution in [0.3, 0.4) is 0 Å². The number of carbonyl (C=O) groups is 1. The Morgan fingerprint density at radius 2 is 2.00 bits per heavy atom. The van der Waals surface area contributed by atoms with E-state index in [-0.39, 0.29) is 18.2 Å². The molecule has 0 saturated carbocycles. The molecule has 8 nitrogen and oxygen atoms in total. The molecule has 0 radical (unpaired) electrons. The highest BCUT2D eigenvalue weighted by atomic mass is 32.1. The van der Waals surface area contributed by atoms with Gasteiger partial charge in [0, 0.05) is 12.6 Å². The van der Waals surface area contributed by atoms with E-state index in [1.807, 2.05) is 49.1 Å². The number of aryl methyl sites for hydroxylation is 1. The minimum atomic E-state index is -0.688. The lowest BCUT2D eigenvalue weighted by atomic mass is 10.2. The summed E-state index contributed by atoms with van der Waals surface area (Å²) in [6.07, 6.45) is -0.688. The van der Waals surface area contributed by atoms with Crippen LogP contribution in [0.2, 0.25) is 0 Å². The fourth-order valence-electron chi connectivity index (χ4n) is 3.41. The topological polar surface area (TPSA) is 105 Å². The molecule has 1 atom stereocenters. The second kappa shape index (κ2) is 10.8. The molecule has 1 aromatic carbocycles. The maximum atomic E-state index is 12.7. The van der Waals surface area contributed by atoms with Gasteiger partial charge in [-0.1, -0.05) is 30.3 Å². The summed E-state index contributed by atoms with van der Waals surface area (Å²) in [7, 11) is 1.31. The van der Waals surface area contributed by atoms with E-state index in [1.165, 1.54) is 7.11 Å². The van der Waals surface area contributed by atoms with Gasteiger partial charge in [0.1, 0.15) is 15.5 Å². The zero-order chi connectivity index (χ0) is 23.3. The number of nitrogens with zero attached hydrogens (tertiary/aromatic N) is 2. The largest absolute Gasteiger partial charge is 0.465 e. The van der Waals surface area contributed by atoms with E-state index in [4.69, 9.17) is 9.47 Å². The Bertz CT molecular complexity index is 1110. The third-order valence-corrected chi connectivity index (χ3v) is 6.34. The number of hydrogen-bond acceptors (Lipinski definition) is 8. The van der Waals surface area contributed by atoms with Crippen molar-refractivity contribution in [2.45, 2.75) is 46.1 Å². The van der Waals surface area contributed by atoms with Gasteiger partial charge in [-0.05, 0) is 31.9 Å². The van der Waals surface area contributed by atoms with Gasteiger partial charge in [0.15, 0.2) is 0 Å². The number of rotatable bonds is 10. The van der Waals surface area contributed by atoms with Crippen molar-refractivity contribution in [1.82, 2.24) is 14.9 Å². The Morgan fingerprint density at radius 1 is 1.28 bits per heavy atom. The number of H-pyrrole nitrogens is 1. The first-order chi connectivity index (χ1) is 15.3. The Hall–Kier alpha value is -2.59. The van der Waals surface area contributed by atoms with Crippen molar-refractivity contribution in [2.75, 3.05) is 20.3 Å². The number of aliphatic hydroxyl groups excluding tert-OH is 1. The second-order valence-corrected chi connectivity index (χ2v) is 8.92. The summed E-state index contributed by atoms with van der Waals surface area (Å²) in [6.45, 7) is 7.10. The van der Waals surface area contributed by atoms with Gasteiger partial charge < -0.3 is 19.6 Å². The van der Waals surface area contributed by atoms with Crippen LogP contribution in [-0.2, 0) is 22.6 Å². The fraction of sp³-hybridized carbons (Fsp3) is 0.435. The van der Waals surface area contributed by atoms with E-state index < -0.39 is 12.1 Å². The molecule has 32 heavy (non-hydrogen) atoms. The van der Waals surface area contributed by atoms with E-state index in [9.17, 15) is 14.7 Å². The number of benzene rings is 1. The summed E-state index contributed by atoms with van der Waals surface area (Å²) in [5, 5.41) is 10.9. The minimum Gasteiger partial charge on any atom is -0.465 e. The lowest BCUT2D eigenvalue weighted by Gasteiger charge is -2.28. The van der Waals surface area contributed by atoms with Crippen LogP contribution in [0.5, 0.6) is 0 Å². The summed E-state index contributed by atoms with van der Waals surface area (Å²) < 4.78 is 10.4. The number of thiophene rings is 1. The molecule has 3 aromatic rings. The van der Waals surface area contributed by atoms with Gasteiger partial charge >= 0.3 is 5.97 Å². The van der Waals surface area contributed by atoms with Crippen LogP contribution in [0.15, 0.2) is 35.1 Å². The third-order valence-electron chi connectivity index (χ3n) is 5.17. The molecule has 9 heteroatoms. The number of aliphatic hydroxyl groups is 1. The van der Waals surface area contributed by atoms with Gasteiger partial charge in [0.05, 0.1) is 38.4 Å². The molecule has 3 rings (SSSR count). The highest BCUT2D eigenvalue weighted by Crippen LogP contribution is 2.27. The van der Waals surface area contributed by atoms with Crippen molar-refractivity contribution in [2.24, 2.45) is 0 Å². The predicted molar refractivity (Wildman–Crippen MR) is 124 cm³/mol. The molecular formula is C23H29N3O5S. The normalized spacial score (nSPS) is 12.6. The smallest absolute Gasteiger partial charge is 0.348 e. The molecule has 0 aliphatic carbocycles. The van der Waals surface area contributed by atoms with Crippen molar-refractivity contribution in [1.29, 1.82) is 0 Å². The molecule has 1 unspecified atom stereocenters. The Kier molecular flexibility index (Phi) is 8.14. The molecule has 0 spiro atoms. The van der Waals surface area contributed by atoms with Crippen LogP contribution in [0.4, 0.5) is 0 Å². The van der Waals surface area contributed by atoms with Crippen LogP contribution >= 0.6 is 11.3 Å². The molecule has 2 N–H and O–H groups in total. The van der Waals surface area contributed by atoms with Crippen LogP contribution in [-0.4, -0.2) is 58.4 Å². The number of aromatic nitrogens is 2. The molecule has 2 heterocycles. The van der Waals surface area contributed by atoms with Crippen molar-refractivity contribution in [3.8, 4) is 0 Å². The second-order valence-electron chi connectivity index (χ2n) is 7.92. The summed E-state index contributed by atoms with van der Waals surface area (Å²) in [5.41, 5.74) is 1.33. The molecular weight excluding hydrogens is 430 g/mol. The first-order valence-corrected chi connectivity index (χ1v) is 11.3. The quantitative estimate of drug-likeness (QED) is 0.449. The molecule has 0 bridgehead atoms. The van der Waals surface area contributed by atoms with Crippen LogP contribution in [0.25, 0.3) is 10.2 Å². The summed E-state index contributed by atoms with van der Waals surface area (Å²) in [6, 6.07) is 9.90. The zero-order valence-electron chi connectivity index (χ0n) is 18.8. The number of methoxy groups -OCH3 is 1. The number of esters is 1. The minimum absolute atomic E-state index is 0.107. The van der Waals surface area contributed by atoms with Gasteiger partial charge in [0.25, 0.3) is 5.56 Å². The molecule has 0 fully saturated rings. The standard InChI is InChI=1S/C23H29N3O5S/c1-14(2)26(10-17(27)13-31-12-16-8-6-5-7-9-16)11-18-24-21(28)19-15(3)20(23(29)30-4)32-22(19)25-18/h5-9,14,17,27H,10-13H2,1-4H3,(H,24,25,28). The van der Waals surface area contributed by atoms with Gasteiger partial charge in [-0.3, -0.25) is 9.69 Å². The van der Waals surface area contributed by atoms with E-state index >= 15 is 0 Å². The number of carbonyl (C=O) groups excluding carboxylic acids is 1. The highest BCUT2D eigenvalue weighted by Gasteiger charge is 2.21. The van der Waals surface area contributed by atoms with Crippen molar-refractivity contribution in [3.05, 3.63) is 62.5 Å². The number of hydrogen-bond donors (Lipinski definition) is 2.